The first kappa shape index (κ1) is 22.0. The predicted octanol–water partition coefficient (Wildman–Crippen LogP) is 3.61. The number of benzene rings is 1. The molecule has 0 aliphatic carbocycles. The number of unbranched alkanes of at least 4 members (excludes halogenated alkanes) is 3. The minimum Gasteiger partial charge on any atom is -0.373 e. The van der Waals surface area contributed by atoms with Crippen molar-refractivity contribution >= 4 is 42.1 Å². The lowest BCUT2D eigenvalue weighted by atomic mass is 10.1. The van der Waals surface area contributed by atoms with Crippen molar-refractivity contribution in [3.63, 3.8) is 0 Å². The zero-order chi connectivity index (χ0) is 15.1. The van der Waals surface area contributed by atoms with Crippen LogP contribution in [0.2, 0.25) is 0 Å². The molecule has 0 fully saturated rings. The monoisotopic (exact) mass is 361 g/mol. The Hall–Kier alpha value is -0.970. The molecule has 0 radical (unpaired) electrons. The van der Waals surface area contributed by atoms with Gasteiger partial charge in [-0.15, -0.1) is 24.8 Å². The lowest BCUT2D eigenvalue weighted by molar-refractivity contribution is -0.118. The van der Waals surface area contributed by atoms with E-state index in [0.717, 1.165) is 63.1 Å². The fourth-order valence-corrected chi connectivity index (χ4v) is 2.89. The Balaban J connectivity index is 0.00000242. The molecule has 0 unspecified atom stereocenters. The first-order chi connectivity index (χ1) is 10.2. The van der Waals surface area contributed by atoms with E-state index >= 15 is 0 Å². The molecule has 0 saturated carbocycles. The number of amides is 1. The van der Waals surface area contributed by atoms with E-state index < -0.39 is 0 Å². The molecule has 6 heteroatoms. The summed E-state index contributed by atoms with van der Waals surface area (Å²) in [6.07, 6.45) is 5.91. The second-order valence-corrected chi connectivity index (χ2v) is 5.76. The molecule has 1 heterocycles. The summed E-state index contributed by atoms with van der Waals surface area (Å²) in [6, 6.07) is 8.21. The summed E-state index contributed by atoms with van der Waals surface area (Å²) in [4.78, 5) is 16.7. The Bertz CT molecular complexity index is 471. The number of rotatable bonds is 6. The Morgan fingerprint density at radius 3 is 2.39 bits per heavy atom. The third-order valence-corrected chi connectivity index (χ3v) is 4.10. The SMILES string of the molecule is CN1CCCN(C(=O)CCCCCCN)c2ccccc21.Cl.Cl. The molecule has 2 N–H and O–H groups in total. The standard InChI is InChI=1S/C17H27N3O.2ClH/c1-19-13-8-14-20(16-10-6-5-9-15(16)19)17(21)11-4-2-3-7-12-18;;/h5-6,9-10H,2-4,7-8,11-14,18H2,1H3;2*1H. The highest BCUT2D eigenvalue weighted by Gasteiger charge is 2.22. The molecule has 1 aromatic rings. The first-order valence-corrected chi connectivity index (χ1v) is 8.04. The second kappa shape index (κ2) is 11.5. The van der Waals surface area contributed by atoms with E-state index in [1.54, 1.807) is 0 Å². The highest BCUT2D eigenvalue weighted by atomic mass is 35.5. The van der Waals surface area contributed by atoms with Crippen LogP contribution in [0.5, 0.6) is 0 Å². The van der Waals surface area contributed by atoms with Gasteiger partial charge in [-0.25, -0.2) is 0 Å². The van der Waals surface area contributed by atoms with Gasteiger partial charge in [0.25, 0.3) is 0 Å². The molecule has 1 aromatic carbocycles. The van der Waals surface area contributed by atoms with Crippen molar-refractivity contribution in [1.29, 1.82) is 0 Å². The van der Waals surface area contributed by atoms with Crippen molar-refractivity contribution in [2.45, 2.75) is 38.5 Å². The molecule has 23 heavy (non-hydrogen) atoms. The molecular weight excluding hydrogens is 333 g/mol. The van der Waals surface area contributed by atoms with Gasteiger partial charge >= 0.3 is 0 Å². The van der Waals surface area contributed by atoms with Gasteiger partial charge in [0.2, 0.25) is 5.91 Å². The van der Waals surface area contributed by atoms with Crippen LogP contribution in [0.1, 0.15) is 38.5 Å². The molecule has 0 atom stereocenters. The third kappa shape index (κ3) is 6.21. The predicted molar refractivity (Wildman–Crippen MR) is 103 cm³/mol. The lowest BCUT2D eigenvalue weighted by Gasteiger charge is -2.24. The normalized spacial score (nSPS) is 13.5. The van der Waals surface area contributed by atoms with Crippen molar-refractivity contribution in [1.82, 2.24) is 0 Å². The largest absolute Gasteiger partial charge is 0.373 e. The smallest absolute Gasteiger partial charge is 0.227 e. The van der Waals surface area contributed by atoms with E-state index in [-0.39, 0.29) is 30.7 Å². The molecule has 0 saturated heterocycles. The van der Waals surface area contributed by atoms with Crippen LogP contribution in [0.25, 0.3) is 0 Å². The van der Waals surface area contributed by atoms with Crippen LogP contribution in [0, 0.1) is 0 Å². The van der Waals surface area contributed by atoms with E-state index in [9.17, 15) is 4.79 Å². The van der Waals surface area contributed by atoms with E-state index in [2.05, 4.69) is 24.1 Å². The molecule has 0 spiro atoms. The minimum atomic E-state index is 0. The van der Waals surface area contributed by atoms with E-state index in [1.807, 2.05) is 17.0 Å². The molecule has 1 aliphatic rings. The maximum absolute atomic E-state index is 12.5. The number of carbonyl (C=O) groups is 1. The third-order valence-electron chi connectivity index (χ3n) is 4.10. The summed E-state index contributed by atoms with van der Waals surface area (Å²) in [5.41, 5.74) is 7.71. The zero-order valence-corrected chi connectivity index (χ0v) is 15.5. The molecule has 4 nitrogen and oxygen atoms in total. The van der Waals surface area contributed by atoms with Gasteiger partial charge in [-0.2, -0.15) is 0 Å². The van der Waals surface area contributed by atoms with Gasteiger partial charge < -0.3 is 15.5 Å². The van der Waals surface area contributed by atoms with Crippen LogP contribution in [0.4, 0.5) is 11.4 Å². The summed E-state index contributed by atoms with van der Waals surface area (Å²) in [7, 11) is 2.10. The number of nitrogens with zero attached hydrogens (tertiary/aromatic N) is 2. The van der Waals surface area contributed by atoms with Crippen molar-refractivity contribution in [2.75, 3.05) is 36.5 Å². The van der Waals surface area contributed by atoms with E-state index in [4.69, 9.17) is 5.73 Å². The van der Waals surface area contributed by atoms with Crippen LogP contribution in [0.3, 0.4) is 0 Å². The molecule has 1 aliphatic heterocycles. The molecular formula is C17H29Cl2N3O. The van der Waals surface area contributed by atoms with E-state index in [0.29, 0.717) is 6.42 Å². The van der Waals surface area contributed by atoms with Crippen LogP contribution in [-0.4, -0.2) is 32.6 Å². The van der Waals surface area contributed by atoms with Crippen LogP contribution in [-0.2, 0) is 4.79 Å². The first-order valence-electron chi connectivity index (χ1n) is 8.04. The average Bonchev–Trinajstić information content (AvgIpc) is 2.67. The fourth-order valence-electron chi connectivity index (χ4n) is 2.89. The highest BCUT2D eigenvalue weighted by Crippen LogP contribution is 2.31. The van der Waals surface area contributed by atoms with Gasteiger partial charge in [0.15, 0.2) is 0 Å². The topological polar surface area (TPSA) is 49.6 Å². The summed E-state index contributed by atoms with van der Waals surface area (Å²) >= 11 is 0. The maximum Gasteiger partial charge on any atom is 0.227 e. The minimum absolute atomic E-state index is 0. The Kier molecular flexibility index (Phi) is 11.1. The molecule has 1 amide bonds. The van der Waals surface area contributed by atoms with Gasteiger partial charge in [0, 0.05) is 26.6 Å². The maximum atomic E-state index is 12.5. The number of carbonyl (C=O) groups excluding carboxylic acids is 1. The Morgan fingerprint density at radius 2 is 1.70 bits per heavy atom. The summed E-state index contributed by atoms with van der Waals surface area (Å²) in [5, 5.41) is 0. The molecule has 0 aromatic heterocycles. The lowest BCUT2D eigenvalue weighted by Crippen LogP contribution is -2.31. The van der Waals surface area contributed by atoms with Crippen molar-refractivity contribution < 1.29 is 4.79 Å². The number of para-hydroxylation sites is 2. The molecule has 132 valence electrons. The highest BCUT2D eigenvalue weighted by molar-refractivity contribution is 5.97. The number of hydrogen-bond acceptors (Lipinski definition) is 3. The fraction of sp³-hybridized carbons (Fsp3) is 0.588. The summed E-state index contributed by atoms with van der Waals surface area (Å²) < 4.78 is 0. The van der Waals surface area contributed by atoms with Crippen LogP contribution < -0.4 is 15.5 Å². The summed E-state index contributed by atoms with van der Waals surface area (Å²) in [6.45, 7) is 2.57. The Morgan fingerprint density at radius 1 is 1.04 bits per heavy atom. The zero-order valence-electron chi connectivity index (χ0n) is 13.9. The van der Waals surface area contributed by atoms with Gasteiger partial charge in [0.05, 0.1) is 11.4 Å². The van der Waals surface area contributed by atoms with Crippen molar-refractivity contribution in [3.8, 4) is 0 Å². The van der Waals surface area contributed by atoms with Gasteiger partial charge in [-0.1, -0.05) is 25.0 Å². The van der Waals surface area contributed by atoms with Crippen LogP contribution >= 0.6 is 24.8 Å². The second-order valence-electron chi connectivity index (χ2n) is 5.76. The van der Waals surface area contributed by atoms with Gasteiger partial charge in [-0.3, -0.25) is 4.79 Å². The van der Waals surface area contributed by atoms with Gasteiger partial charge in [-0.05, 0) is 37.9 Å². The number of hydrogen-bond donors (Lipinski definition) is 1. The molecule has 2 rings (SSSR count). The number of nitrogens with two attached hydrogens (primary N) is 1. The van der Waals surface area contributed by atoms with Crippen molar-refractivity contribution in [2.24, 2.45) is 5.73 Å². The van der Waals surface area contributed by atoms with E-state index in [1.165, 1.54) is 0 Å². The Labute approximate surface area is 152 Å². The number of anilines is 2. The molecule has 0 bridgehead atoms. The number of halogens is 2. The number of fused-ring (bicyclic) bond motifs is 1. The van der Waals surface area contributed by atoms with Crippen molar-refractivity contribution in [3.05, 3.63) is 24.3 Å². The van der Waals surface area contributed by atoms with Gasteiger partial charge in [0.1, 0.15) is 0 Å². The quantitative estimate of drug-likeness (QED) is 0.787. The average molecular weight is 362 g/mol. The van der Waals surface area contributed by atoms with Crippen LogP contribution in [0.15, 0.2) is 24.3 Å². The summed E-state index contributed by atoms with van der Waals surface area (Å²) in [5.74, 6) is 0.255.